The summed E-state index contributed by atoms with van der Waals surface area (Å²) >= 11 is 0. The van der Waals surface area contributed by atoms with Crippen LogP contribution in [0.5, 0.6) is 11.5 Å². The third kappa shape index (κ3) is 3.31. The van der Waals surface area contributed by atoms with Gasteiger partial charge >= 0.3 is 0 Å². The lowest BCUT2D eigenvalue weighted by Crippen LogP contribution is -2.05. The Balaban J connectivity index is 2.05. The number of hydrogen-bond acceptors (Lipinski definition) is 4. The van der Waals surface area contributed by atoms with Gasteiger partial charge in [0.1, 0.15) is 0 Å². The number of rotatable bonds is 6. The zero-order chi connectivity index (χ0) is 13.5. The van der Waals surface area contributed by atoms with Crippen LogP contribution in [0.15, 0.2) is 42.7 Å². The summed E-state index contributed by atoms with van der Waals surface area (Å²) in [6.45, 7) is 0.465. The molecule has 0 saturated carbocycles. The average Bonchev–Trinajstić information content (AvgIpc) is 2.48. The van der Waals surface area contributed by atoms with Crippen LogP contribution in [0, 0.1) is 0 Å². The molecule has 0 aliphatic carbocycles. The number of benzene rings is 1. The first-order valence-electron chi connectivity index (χ1n) is 5.99. The van der Waals surface area contributed by atoms with E-state index in [1.807, 2.05) is 12.1 Å². The highest BCUT2D eigenvalue weighted by atomic mass is 16.5. The molecule has 1 aromatic heterocycles. The fraction of sp³-hybridized carbons (Fsp3) is 0.200. The smallest absolute Gasteiger partial charge is 0.171 e. The third-order valence-electron chi connectivity index (χ3n) is 2.72. The van der Waals surface area contributed by atoms with E-state index in [9.17, 15) is 4.79 Å². The van der Waals surface area contributed by atoms with Crippen molar-refractivity contribution in [3.05, 3.63) is 53.9 Å². The van der Waals surface area contributed by atoms with Gasteiger partial charge in [0.25, 0.3) is 0 Å². The van der Waals surface area contributed by atoms with Crippen LogP contribution in [-0.4, -0.2) is 25.0 Å². The summed E-state index contributed by atoms with van der Waals surface area (Å²) in [6, 6.07) is 9.10. The van der Waals surface area contributed by atoms with E-state index in [2.05, 4.69) is 4.98 Å². The Morgan fingerprint density at radius 1 is 1.26 bits per heavy atom. The quantitative estimate of drug-likeness (QED) is 0.746. The summed E-state index contributed by atoms with van der Waals surface area (Å²) in [4.78, 5) is 15.0. The molecule has 4 nitrogen and oxygen atoms in total. The number of nitrogens with zero attached hydrogens (tertiary/aromatic N) is 1. The lowest BCUT2D eigenvalue weighted by atomic mass is 10.2. The molecule has 0 aliphatic heterocycles. The molecule has 0 unspecified atom stereocenters. The van der Waals surface area contributed by atoms with Crippen LogP contribution in [0.25, 0.3) is 0 Å². The first-order chi connectivity index (χ1) is 9.35. The molecule has 98 valence electrons. The van der Waals surface area contributed by atoms with Gasteiger partial charge in [-0.25, -0.2) is 0 Å². The van der Waals surface area contributed by atoms with Gasteiger partial charge in [0.2, 0.25) is 0 Å². The summed E-state index contributed by atoms with van der Waals surface area (Å²) in [6.07, 6.45) is 5.02. The van der Waals surface area contributed by atoms with Crippen LogP contribution < -0.4 is 9.47 Å². The van der Waals surface area contributed by atoms with Crippen molar-refractivity contribution in [3.8, 4) is 11.5 Å². The van der Waals surface area contributed by atoms with Crippen LogP contribution in [0.3, 0.4) is 0 Å². The van der Waals surface area contributed by atoms with E-state index >= 15 is 0 Å². The number of ether oxygens (including phenoxy) is 2. The Hall–Kier alpha value is -2.36. The molecule has 2 rings (SSSR count). The van der Waals surface area contributed by atoms with Crippen molar-refractivity contribution in [2.75, 3.05) is 13.7 Å². The number of hydrogen-bond donors (Lipinski definition) is 0. The molecule has 0 amide bonds. The van der Waals surface area contributed by atoms with Crippen molar-refractivity contribution in [3.63, 3.8) is 0 Å². The van der Waals surface area contributed by atoms with Crippen molar-refractivity contribution in [2.24, 2.45) is 0 Å². The Bertz CT molecular complexity index is 540. The van der Waals surface area contributed by atoms with E-state index in [0.29, 0.717) is 23.7 Å². The Labute approximate surface area is 112 Å². The summed E-state index contributed by atoms with van der Waals surface area (Å²) in [7, 11) is 1.55. The minimum Gasteiger partial charge on any atom is -0.493 e. The minimum atomic E-state index is 0.465. The monoisotopic (exact) mass is 257 g/mol. The van der Waals surface area contributed by atoms with Crippen LogP contribution >= 0.6 is 0 Å². The van der Waals surface area contributed by atoms with E-state index in [0.717, 1.165) is 18.3 Å². The molecule has 0 radical (unpaired) electrons. The lowest BCUT2D eigenvalue weighted by molar-refractivity contribution is 0.111. The van der Waals surface area contributed by atoms with Crippen LogP contribution in [-0.2, 0) is 6.42 Å². The van der Waals surface area contributed by atoms with Crippen LogP contribution in [0.4, 0.5) is 0 Å². The molecular formula is C15H15NO3. The second-order valence-corrected chi connectivity index (χ2v) is 3.96. The standard InChI is InChI=1S/C15H15NO3/c1-18-14-6-2-5-13(11-17)15(14)19-9-7-12-4-3-8-16-10-12/h2-6,8,10-11H,7,9H2,1H3. The number of methoxy groups -OCH3 is 1. The maximum atomic E-state index is 11.0. The number of pyridine rings is 1. The number of para-hydroxylation sites is 1. The van der Waals surface area contributed by atoms with Gasteiger partial charge in [-0.1, -0.05) is 12.1 Å². The van der Waals surface area contributed by atoms with E-state index in [1.54, 1.807) is 37.7 Å². The molecule has 0 N–H and O–H groups in total. The van der Waals surface area contributed by atoms with Crippen molar-refractivity contribution in [1.82, 2.24) is 4.98 Å². The SMILES string of the molecule is COc1cccc(C=O)c1OCCc1cccnc1. The van der Waals surface area contributed by atoms with Gasteiger partial charge in [0, 0.05) is 18.8 Å². The molecule has 4 heteroatoms. The zero-order valence-electron chi connectivity index (χ0n) is 10.7. The maximum absolute atomic E-state index is 11.0. The molecule has 0 atom stereocenters. The molecule has 0 spiro atoms. The first-order valence-corrected chi connectivity index (χ1v) is 5.99. The largest absolute Gasteiger partial charge is 0.493 e. The molecule has 1 heterocycles. The first kappa shape index (κ1) is 13.1. The molecule has 0 aliphatic rings. The molecule has 19 heavy (non-hydrogen) atoms. The van der Waals surface area contributed by atoms with Crippen molar-refractivity contribution >= 4 is 6.29 Å². The summed E-state index contributed by atoms with van der Waals surface area (Å²) in [5, 5.41) is 0. The van der Waals surface area contributed by atoms with Crippen LogP contribution in [0.2, 0.25) is 0 Å². The molecule has 0 fully saturated rings. The minimum absolute atomic E-state index is 0.465. The predicted molar refractivity (Wildman–Crippen MR) is 71.8 cm³/mol. The number of aromatic nitrogens is 1. The third-order valence-corrected chi connectivity index (χ3v) is 2.72. The van der Waals surface area contributed by atoms with Crippen molar-refractivity contribution in [2.45, 2.75) is 6.42 Å². The highest BCUT2D eigenvalue weighted by Gasteiger charge is 2.09. The van der Waals surface area contributed by atoms with Gasteiger partial charge in [-0.05, 0) is 23.8 Å². The van der Waals surface area contributed by atoms with Crippen molar-refractivity contribution < 1.29 is 14.3 Å². The lowest BCUT2D eigenvalue weighted by Gasteiger charge is -2.12. The van der Waals surface area contributed by atoms with Gasteiger partial charge in [-0.2, -0.15) is 0 Å². The normalized spacial score (nSPS) is 9.95. The van der Waals surface area contributed by atoms with E-state index in [4.69, 9.17) is 9.47 Å². The average molecular weight is 257 g/mol. The number of carbonyl (C=O) groups excluding carboxylic acids is 1. The molecule has 2 aromatic rings. The molecular weight excluding hydrogens is 242 g/mol. The van der Waals surface area contributed by atoms with Gasteiger partial charge < -0.3 is 9.47 Å². The van der Waals surface area contributed by atoms with Gasteiger partial charge in [-0.3, -0.25) is 9.78 Å². The maximum Gasteiger partial charge on any atom is 0.171 e. The second-order valence-electron chi connectivity index (χ2n) is 3.96. The Morgan fingerprint density at radius 3 is 2.84 bits per heavy atom. The second kappa shape index (κ2) is 6.54. The van der Waals surface area contributed by atoms with Crippen LogP contribution in [0.1, 0.15) is 15.9 Å². The Morgan fingerprint density at radius 2 is 2.16 bits per heavy atom. The fourth-order valence-corrected chi connectivity index (χ4v) is 1.76. The van der Waals surface area contributed by atoms with E-state index < -0.39 is 0 Å². The fourth-order valence-electron chi connectivity index (χ4n) is 1.76. The molecule has 0 bridgehead atoms. The Kier molecular flexibility index (Phi) is 4.50. The summed E-state index contributed by atoms with van der Waals surface area (Å²) in [5.41, 5.74) is 1.58. The van der Waals surface area contributed by atoms with E-state index in [-0.39, 0.29) is 0 Å². The highest BCUT2D eigenvalue weighted by Crippen LogP contribution is 2.29. The predicted octanol–water partition coefficient (Wildman–Crippen LogP) is 2.52. The zero-order valence-corrected chi connectivity index (χ0v) is 10.7. The van der Waals surface area contributed by atoms with E-state index in [1.165, 1.54) is 0 Å². The topological polar surface area (TPSA) is 48.4 Å². The molecule has 1 aromatic carbocycles. The number of aldehydes is 1. The van der Waals surface area contributed by atoms with Gasteiger partial charge in [0.05, 0.1) is 19.3 Å². The van der Waals surface area contributed by atoms with Gasteiger partial charge in [0.15, 0.2) is 17.8 Å². The number of carbonyl (C=O) groups is 1. The molecule has 0 saturated heterocycles. The highest BCUT2D eigenvalue weighted by molar-refractivity contribution is 5.81. The van der Waals surface area contributed by atoms with Gasteiger partial charge in [-0.15, -0.1) is 0 Å². The summed E-state index contributed by atoms with van der Waals surface area (Å²) < 4.78 is 10.9. The summed E-state index contributed by atoms with van der Waals surface area (Å²) in [5.74, 6) is 1.06. The van der Waals surface area contributed by atoms with Crippen molar-refractivity contribution in [1.29, 1.82) is 0 Å².